The highest BCUT2D eigenvalue weighted by Gasteiger charge is 2.07. The van der Waals surface area contributed by atoms with Gasteiger partial charge >= 0.3 is 0 Å². The average Bonchev–Trinajstić information content (AvgIpc) is 2.56. The first-order valence-electron chi connectivity index (χ1n) is 7.57. The molecule has 0 unspecified atom stereocenters. The van der Waals surface area contributed by atoms with Gasteiger partial charge in [-0.15, -0.1) is 6.58 Å². The molecular weight excluding hydrogens is 274 g/mol. The second kappa shape index (κ2) is 8.90. The molecule has 2 rings (SSSR count). The molecule has 0 amide bonds. The highest BCUT2D eigenvalue weighted by atomic mass is 16.5. The molecule has 0 aromatic heterocycles. The van der Waals surface area contributed by atoms with Crippen LogP contribution >= 0.6 is 0 Å². The summed E-state index contributed by atoms with van der Waals surface area (Å²) in [4.78, 5) is 0. The fourth-order valence-electron chi connectivity index (χ4n) is 2.10. The van der Waals surface area contributed by atoms with Gasteiger partial charge in [0.1, 0.15) is 6.61 Å². The molecule has 2 aromatic carbocycles. The first kappa shape index (κ1) is 16.1. The third-order valence-electron chi connectivity index (χ3n) is 3.16. The highest BCUT2D eigenvalue weighted by Crippen LogP contribution is 2.29. The monoisotopic (exact) mass is 297 g/mol. The second-order valence-electron chi connectivity index (χ2n) is 4.91. The Kier molecular flexibility index (Phi) is 6.52. The van der Waals surface area contributed by atoms with Crippen LogP contribution in [0.3, 0.4) is 0 Å². The Bertz CT molecular complexity index is 581. The number of hydrogen-bond donors (Lipinski definition) is 1. The average molecular weight is 297 g/mol. The van der Waals surface area contributed by atoms with Crippen molar-refractivity contribution in [3.05, 3.63) is 72.3 Å². The zero-order valence-electron chi connectivity index (χ0n) is 13.0. The normalized spacial score (nSPS) is 10.2. The van der Waals surface area contributed by atoms with Gasteiger partial charge in [-0.2, -0.15) is 0 Å². The summed E-state index contributed by atoms with van der Waals surface area (Å²) in [6.07, 6.45) is 1.85. The van der Waals surface area contributed by atoms with Gasteiger partial charge in [0.05, 0.1) is 6.61 Å². The number of hydrogen-bond acceptors (Lipinski definition) is 3. The van der Waals surface area contributed by atoms with Crippen molar-refractivity contribution >= 4 is 0 Å². The maximum absolute atomic E-state index is 5.89. The molecule has 0 bridgehead atoms. The van der Waals surface area contributed by atoms with Gasteiger partial charge in [0.15, 0.2) is 11.5 Å². The van der Waals surface area contributed by atoms with Crippen LogP contribution in [-0.4, -0.2) is 13.2 Å². The van der Waals surface area contributed by atoms with E-state index in [0.29, 0.717) is 13.2 Å². The van der Waals surface area contributed by atoms with Crippen molar-refractivity contribution in [3.8, 4) is 11.5 Å². The van der Waals surface area contributed by atoms with Crippen molar-refractivity contribution in [1.29, 1.82) is 0 Å². The fourth-order valence-corrected chi connectivity index (χ4v) is 2.10. The summed E-state index contributed by atoms with van der Waals surface area (Å²) in [6, 6.07) is 16.2. The Morgan fingerprint density at radius 2 is 1.82 bits per heavy atom. The third kappa shape index (κ3) is 4.93. The van der Waals surface area contributed by atoms with Gasteiger partial charge in [-0.25, -0.2) is 0 Å². The molecule has 0 fully saturated rings. The van der Waals surface area contributed by atoms with Crippen LogP contribution in [0.5, 0.6) is 11.5 Å². The molecule has 0 radical (unpaired) electrons. The van der Waals surface area contributed by atoms with Crippen molar-refractivity contribution < 1.29 is 9.47 Å². The lowest BCUT2D eigenvalue weighted by Crippen LogP contribution is -2.12. The number of rotatable bonds is 9. The molecule has 1 N–H and O–H groups in total. The standard InChI is InChI=1S/C19H23NO2/c1-3-12-20-14-17-10-11-18(19(13-17)21-4-2)22-15-16-8-6-5-7-9-16/h3,5-11,13,20H,1,4,12,14-15H2,2H3. The fraction of sp³-hybridized carbons (Fsp3) is 0.263. The zero-order chi connectivity index (χ0) is 15.6. The van der Waals surface area contributed by atoms with Crippen LogP contribution in [0, 0.1) is 0 Å². The van der Waals surface area contributed by atoms with Crippen molar-refractivity contribution in [2.75, 3.05) is 13.2 Å². The van der Waals surface area contributed by atoms with Crippen LogP contribution in [0.15, 0.2) is 61.2 Å². The molecule has 0 aliphatic carbocycles. The van der Waals surface area contributed by atoms with E-state index < -0.39 is 0 Å². The molecule has 0 saturated heterocycles. The molecule has 0 saturated carbocycles. The van der Waals surface area contributed by atoms with Crippen LogP contribution in [0.1, 0.15) is 18.1 Å². The second-order valence-corrected chi connectivity index (χ2v) is 4.91. The highest BCUT2D eigenvalue weighted by molar-refractivity contribution is 5.43. The number of benzene rings is 2. The SMILES string of the molecule is C=CCNCc1ccc(OCc2ccccc2)c(OCC)c1. The largest absolute Gasteiger partial charge is 0.490 e. The molecule has 116 valence electrons. The Labute approximate surface area is 132 Å². The summed E-state index contributed by atoms with van der Waals surface area (Å²) in [6.45, 7) is 8.40. The minimum atomic E-state index is 0.537. The summed E-state index contributed by atoms with van der Waals surface area (Å²) in [5.41, 5.74) is 2.30. The van der Waals surface area contributed by atoms with E-state index in [-0.39, 0.29) is 0 Å². The van der Waals surface area contributed by atoms with Gasteiger partial charge in [-0.3, -0.25) is 0 Å². The molecule has 3 nitrogen and oxygen atoms in total. The smallest absolute Gasteiger partial charge is 0.161 e. The molecule has 0 aliphatic rings. The lowest BCUT2D eigenvalue weighted by Gasteiger charge is -2.13. The molecule has 3 heteroatoms. The molecule has 22 heavy (non-hydrogen) atoms. The third-order valence-corrected chi connectivity index (χ3v) is 3.16. The maximum atomic E-state index is 5.89. The van der Waals surface area contributed by atoms with E-state index in [4.69, 9.17) is 9.47 Å². The van der Waals surface area contributed by atoms with Crippen molar-refractivity contribution in [3.63, 3.8) is 0 Å². The minimum Gasteiger partial charge on any atom is -0.490 e. The number of nitrogens with one attached hydrogen (secondary N) is 1. The van der Waals surface area contributed by atoms with E-state index in [0.717, 1.165) is 35.7 Å². The Hall–Kier alpha value is -2.26. The predicted molar refractivity (Wildman–Crippen MR) is 90.3 cm³/mol. The van der Waals surface area contributed by atoms with E-state index in [2.05, 4.69) is 18.0 Å². The van der Waals surface area contributed by atoms with Gasteiger partial charge in [0.25, 0.3) is 0 Å². The van der Waals surface area contributed by atoms with Crippen LogP contribution in [-0.2, 0) is 13.2 Å². The summed E-state index contributed by atoms with van der Waals surface area (Å²) >= 11 is 0. The molecule has 0 aliphatic heterocycles. The van der Waals surface area contributed by atoms with Crippen LogP contribution in [0.25, 0.3) is 0 Å². The topological polar surface area (TPSA) is 30.5 Å². The first-order valence-corrected chi connectivity index (χ1v) is 7.57. The van der Waals surface area contributed by atoms with Gasteiger partial charge in [0, 0.05) is 13.1 Å². The van der Waals surface area contributed by atoms with Crippen LogP contribution in [0.4, 0.5) is 0 Å². The predicted octanol–water partition coefficient (Wildman–Crippen LogP) is 3.94. The number of ether oxygens (including phenoxy) is 2. The summed E-state index contributed by atoms with van der Waals surface area (Å²) in [5.74, 6) is 1.56. The van der Waals surface area contributed by atoms with E-state index in [1.54, 1.807) is 0 Å². The lowest BCUT2D eigenvalue weighted by molar-refractivity contribution is 0.269. The van der Waals surface area contributed by atoms with Gasteiger partial charge in [-0.05, 0) is 30.2 Å². The minimum absolute atomic E-state index is 0.537. The Morgan fingerprint density at radius 3 is 2.55 bits per heavy atom. The first-order chi connectivity index (χ1) is 10.8. The van der Waals surface area contributed by atoms with Crippen molar-refractivity contribution in [2.45, 2.75) is 20.1 Å². The lowest BCUT2D eigenvalue weighted by atomic mass is 10.2. The van der Waals surface area contributed by atoms with Crippen LogP contribution in [0.2, 0.25) is 0 Å². The van der Waals surface area contributed by atoms with Crippen molar-refractivity contribution in [2.24, 2.45) is 0 Å². The van der Waals surface area contributed by atoms with E-state index in [1.165, 1.54) is 0 Å². The Morgan fingerprint density at radius 1 is 1.00 bits per heavy atom. The molecule has 0 spiro atoms. The maximum Gasteiger partial charge on any atom is 0.161 e. The van der Waals surface area contributed by atoms with Gasteiger partial charge in [-0.1, -0.05) is 42.5 Å². The van der Waals surface area contributed by atoms with Crippen LogP contribution < -0.4 is 14.8 Å². The van der Waals surface area contributed by atoms with E-state index in [9.17, 15) is 0 Å². The van der Waals surface area contributed by atoms with Gasteiger partial charge in [0.2, 0.25) is 0 Å². The molecular formula is C19H23NO2. The summed E-state index contributed by atoms with van der Waals surface area (Å²) in [5, 5.41) is 3.28. The summed E-state index contributed by atoms with van der Waals surface area (Å²) < 4.78 is 11.6. The Balaban J connectivity index is 2.04. The molecule has 2 aromatic rings. The quantitative estimate of drug-likeness (QED) is 0.562. The van der Waals surface area contributed by atoms with Gasteiger partial charge < -0.3 is 14.8 Å². The van der Waals surface area contributed by atoms with E-state index in [1.807, 2.05) is 55.5 Å². The zero-order valence-corrected chi connectivity index (χ0v) is 13.0. The van der Waals surface area contributed by atoms with Crippen molar-refractivity contribution in [1.82, 2.24) is 5.32 Å². The molecule has 0 atom stereocenters. The summed E-state index contributed by atoms with van der Waals surface area (Å²) in [7, 11) is 0. The van der Waals surface area contributed by atoms with E-state index >= 15 is 0 Å². The molecule has 0 heterocycles.